The molecule has 2 rings (SSSR count). The van der Waals surface area contributed by atoms with Crippen LogP contribution in [0.3, 0.4) is 0 Å². The predicted molar refractivity (Wildman–Crippen MR) is 68.7 cm³/mol. The third kappa shape index (κ3) is 2.91. The fraction of sp³-hybridized carbons (Fsp3) is 0. The second-order valence-electron chi connectivity index (χ2n) is 3.48. The summed E-state index contributed by atoms with van der Waals surface area (Å²) in [6.45, 7) is 0. The molecule has 1 aromatic carbocycles. The van der Waals surface area contributed by atoms with Gasteiger partial charge < -0.3 is 5.73 Å². The van der Waals surface area contributed by atoms with Crippen molar-refractivity contribution in [2.24, 2.45) is 0 Å². The Labute approximate surface area is 113 Å². The highest BCUT2D eigenvalue weighted by molar-refractivity contribution is 7.92. The molecule has 0 aliphatic heterocycles. The zero-order valence-corrected chi connectivity index (χ0v) is 10.9. The van der Waals surface area contributed by atoms with E-state index in [2.05, 4.69) is 14.7 Å². The number of halogens is 2. The first-order chi connectivity index (χ1) is 8.90. The van der Waals surface area contributed by atoms with E-state index in [1.165, 1.54) is 18.5 Å². The van der Waals surface area contributed by atoms with Crippen molar-refractivity contribution in [1.29, 1.82) is 0 Å². The Hall–Kier alpha value is -1.93. The highest BCUT2D eigenvalue weighted by Crippen LogP contribution is 2.27. The van der Waals surface area contributed by atoms with Gasteiger partial charge in [-0.2, -0.15) is 0 Å². The number of nitrogens with one attached hydrogen (secondary N) is 1. The minimum Gasteiger partial charge on any atom is -0.396 e. The molecule has 0 amide bonds. The third-order valence-electron chi connectivity index (χ3n) is 2.13. The van der Waals surface area contributed by atoms with E-state index in [4.69, 9.17) is 17.3 Å². The molecule has 0 aliphatic rings. The molecule has 0 aliphatic carbocycles. The first kappa shape index (κ1) is 13.5. The van der Waals surface area contributed by atoms with Gasteiger partial charge in [0.1, 0.15) is 10.7 Å². The molecule has 0 bridgehead atoms. The van der Waals surface area contributed by atoms with Gasteiger partial charge in [0.15, 0.2) is 0 Å². The summed E-state index contributed by atoms with van der Waals surface area (Å²) in [7, 11) is -4.04. The molecule has 1 aromatic heterocycles. The van der Waals surface area contributed by atoms with E-state index in [1.807, 2.05) is 0 Å². The Morgan fingerprint density at radius 3 is 2.53 bits per heavy atom. The van der Waals surface area contributed by atoms with Crippen molar-refractivity contribution in [2.75, 3.05) is 10.5 Å². The van der Waals surface area contributed by atoms with Crippen LogP contribution in [0.15, 0.2) is 35.5 Å². The van der Waals surface area contributed by atoms with Gasteiger partial charge in [-0.1, -0.05) is 11.6 Å². The summed E-state index contributed by atoms with van der Waals surface area (Å²) in [6.07, 6.45) is 2.73. The lowest BCUT2D eigenvalue weighted by molar-refractivity contribution is 0.599. The maximum absolute atomic E-state index is 13.1. The molecule has 0 radical (unpaired) electrons. The van der Waals surface area contributed by atoms with Crippen LogP contribution in [0, 0.1) is 5.82 Å². The largest absolute Gasteiger partial charge is 0.396 e. The van der Waals surface area contributed by atoms with Gasteiger partial charge in [-0.25, -0.2) is 27.5 Å². The van der Waals surface area contributed by atoms with Crippen LogP contribution in [0.4, 0.5) is 16.0 Å². The van der Waals surface area contributed by atoms with Crippen LogP contribution in [-0.4, -0.2) is 18.4 Å². The SMILES string of the molecule is Nc1cc(S(=O)(=O)Nc2ncccn2)c(Cl)cc1F. The predicted octanol–water partition coefficient (Wildman–Crippen LogP) is 1.65. The average Bonchev–Trinajstić information content (AvgIpc) is 2.34. The number of hydrogen-bond donors (Lipinski definition) is 2. The van der Waals surface area contributed by atoms with Crippen LogP contribution in [0.25, 0.3) is 0 Å². The standard InChI is InChI=1S/C10H8ClFN4O2S/c11-6-4-7(12)8(13)5-9(6)19(17,18)16-10-14-2-1-3-15-10/h1-5H,13H2,(H,14,15,16). The first-order valence-corrected chi connectivity index (χ1v) is 6.80. The van der Waals surface area contributed by atoms with Crippen molar-refractivity contribution in [3.63, 3.8) is 0 Å². The number of sulfonamides is 1. The molecule has 6 nitrogen and oxygen atoms in total. The van der Waals surface area contributed by atoms with E-state index in [9.17, 15) is 12.8 Å². The Morgan fingerprint density at radius 2 is 1.89 bits per heavy atom. The number of hydrogen-bond acceptors (Lipinski definition) is 5. The molecular formula is C10H8ClFN4O2S. The number of benzene rings is 1. The summed E-state index contributed by atoms with van der Waals surface area (Å²) >= 11 is 5.70. The maximum Gasteiger partial charge on any atom is 0.265 e. The molecule has 0 saturated heterocycles. The van der Waals surface area contributed by atoms with Gasteiger partial charge in [-0.3, -0.25) is 0 Å². The van der Waals surface area contributed by atoms with Gasteiger partial charge >= 0.3 is 0 Å². The summed E-state index contributed by atoms with van der Waals surface area (Å²) in [6, 6.07) is 3.29. The zero-order chi connectivity index (χ0) is 14.0. The average molecular weight is 303 g/mol. The van der Waals surface area contributed by atoms with E-state index in [-0.39, 0.29) is 21.6 Å². The molecule has 100 valence electrons. The fourth-order valence-electron chi connectivity index (χ4n) is 1.28. The third-order valence-corrected chi connectivity index (χ3v) is 3.93. The minimum absolute atomic E-state index is 0.124. The summed E-state index contributed by atoms with van der Waals surface area (Å²) < 4.78 is 39.3. The van der Waals surface area contributed by atoms with Crippen LogP contribution in [-0.2, 0) is 10.0 Å². The summed E-state index contributed by atoms with van der Waals surface area (Å²) in [5.74, 6) is -0.915. The fourth-order valence-corrected chi connectivity index (χ4v) is 2.79. The normalized spacial score (nSPS) is 11.3. The highest BCUT2D eigenvalue weighted by atomic mass is 35.5. The molecule has 1 heterocycles. The van der Waals surface area contributed by atoms with E-state index < -0.39 is 15.8 Å². The van der Waals surface area contributed by atoms with Crippen LogP contribution in [0.5, 0.6) is 0 Å². The number of nitrogens with two attached hydrogens (primary N) is 1. The molecule has 0 fully saturated rings. The second-order valence-corrected chi connectivity index (χ2v) is 5.54. The van der Waals surface area contributed by atoms with Crippen molar-refractivity contribution >= 4 is 33.3 Å². The highest BCUT2D eigenvalue weighted by Gasteiger charge is 2.21. The van der Waals surface area contributed by atoms with Crippen molar-refractivity contribution in [2.45, 2.75) is 4.90 Å². The smallest absolute Gasteiger partial charge is 0.265 e. The Kier molecular flexibility index (Phi) is 3.54. The van der Waals surface area contributed by atoms with Crippen molar-refractivity contribution < 1.29 is 12.8 Å². The number of aromatic nitrogens is 2. The number of nitrogen functional groups attached to an aromatic ring is 1. The quantitative estimate of drug-likeness (QED) is 0.840. The maximum atomic E-state index is 13.1. The van der Waals surface area contributed by atoms with Gasteiger partial charge in [-0.15, -0.1) is 0 Å². The first-order valence-electron chi connectivity index (χ1n) is 4.94. The van der Waals surface area contributed by atoms with E-state index in [0.717, 1.165) is 12.1 Å². The van der Waals surface area contributed by atoms with Crippen LogP contribution in [0.2, 0.25) is 5.02 Å². The molecule has 0 spiro atoms. The Bertz CT molecular complexity index is 709. The minimum atomic E-state index is -4.04. The summed E-state index contributed by atoms with van der Waals surface area (Å²) in [5, 5.41) is -0.282. The lowest BCUT2D eigenvalue weighted by Gasteiger charge is -2.09. The number of rotatable bonds is 3. The van der Waals surface area contributed by atoms with E-state index in [1.54, 1.807) is 0 Å². The molecule has 0 atom stereocenters. The van der Waals surface area contributed by atoms with Crippen LogP contribution in [0.1, 0.15) is 0 Å². The van der Waals surface area contributed by atoms with Gasteiger partial charge in [0.05, 0.1) is 10.7 Å². The van der Waals surface area contributed by atoms with Crippen LogP contribution >= 0.6 is 11.6 Å². The molecule has 0 saturated carbocycles. The molecule has 3 N–H and O–H groups in total. The molecule has 19 heavy (non-hydrogen) atoms. The van der Waals surface area contributed by atoms with Gasteiger partial charge in [-0.05, 0) is 18.2 Å². The van der Waals surface area contributed by atoms with Gasteiger partial charge in [0.25, 0.3) is 10.0 Å². The lowest BCUT2D eigenvalue weighted by atomic mass is 10.3. The van der Waals surface area contributed by atoms with Crippen molar-refractivity contribution in [3.8, 4) is 0 Å². The summed E-state index contributed by atoms with van der Waals surface area (Å²) in [5.41, 5.74) is 5.00. The number of anilines is 2. The molecule has 9 heteroatoms. The van der Waals surface area contributed by atoms with Gasteiger partial charge in [0, 0.05) is 12.4 Å². The van der Waals surface area contributed by atoms with E-state index in [0.29, 0.717) is 0 Å². The van der Waals surface area contributed by atoms with Gasteiger partial charge in [0.2, 0.25) is 5.95 Å². The number of nitrogens with zero attached hydrogens (tertiary/aromatic N) is 2. The lowest BCUT2D eigenvalue weighted by Crippen LogP contribution is -2.16. The summed E-state index contributed by atoms with van der Waals surface area (Å²) in [4.78, 5) is 7.07. The van der Waals surface area contributed by atoms with Crippen molar-refractivity contribution in [3.05, 3.63) is 41.4 Å². The van der Waals surface area contributed by atoms with Crippen molar-refractivity contribution in [1.82, 2.24) is 9.97 Å². The zero-order valence-electron chi connectivity index (χ0n) is 9.34. The Morgan fingerprint density at radius 1 is 1.26 bits per heavy atom. The monoisotopic (exact) mass is 302 g/mol. The van der Waals surface area contributed by atoms with E-state index >= 15 is 0 Å². The molecule has 0 unspecified atom stereocenters. The topological polar surface area (TPSA) is 98.0 Å². The molecular weight excluding hydrogens is 295 g/mol. The second kappa shape index (κ2) is 4.98. The van der Waals surface area contributed by atoms with Crippen LogP contribution < -0.4 is 10.5 Å². The Balaban J connectivity index is 2.43. The molecule has 2 aromatic rings.